The summed E-state index contributed by atoms with van der Waals surface area (Å²) in [5, 5.41) is 1.51. The molecule has 0 radical (unpaired) electrons. The molecule has 3 atom stereocenters. The molecular weight excluding hydrogens is 386 g/mol. The zero-order valence-electron chi connectivity index (χ0n) is 16.8. The van der Waals surface area contributed by atoms with Gasteiger partial charge in [-0.1, -0.05) is 6.92 Å². The molecule has 2 aromatic heterocycles. The third-order valence-corrected chi connectivity index (χ3v) is 5.78. The van der Waals surface area contributed by atoms with Crippen LogP contribution in [0.5, 0.6) is 0 Å². The summed E-state index contributed by atoms with van der Waals surface area (Å²) < 4.78 is 0. The van der Waals surface area contributed by atoms with Crippen molar-refractivity contribution in [3.05, 3.63) is 42.2 Å². The monoisotopic (exact) mass is 411 g/mol. The second-order valence-corrected chi connectivity index (χ2v) is 7.56. The summed E-state index contributed by atoms with van der Waals surface area (Å²) in [5.41, 5.74) is 6.42. The Hall–Kier alpha value is -3.14. The van der Waals surface area contributed by atoms with Gasteiger partial charge in [0.2, 0.25) is 11.9 Å². The fourth-order valence-corrected chi connectivity index (χ4v) is 4.20. The van der Waals surface area contributed by atoms with E-state index in [1.165, 1.54) is 23.7 Å². The molecule has 2 saturated heterocycles. The highest BCUT2D eigenvalue weighted by atomic mass is 16.7. The van der Waals surface area contributed by atoms with Crippen LogP contribution < -0.4 is 10.6 Å². The highest BCUT2D eigenvalue weighted by Gasteiger charge is 2.39. The fourth-order valence-electron chi connectivity index (χ4n) is 4.20. The van der Waals surface area contributed by atoms with Gasteiger partial charge in [0.15, 0.2) is 0 Å². The van der Waals surface area contributed by atoms with Crippen LogP contribution in [0.2, 0.25) is 0 Å². The molecule has 158 valence electrons. The van der Waals surface area contributed by atoms with Crippen molar-refractivity contribution in [2.45, 2.75) is 44.7 Å². The number of nitrogens with zero attached hydrogens (tertiary/aromatic N) is 6. The van der Waals surface area contributed by atoms with Crippen LogP contribution in [0, 0.1) is 5.92 Å². The molecule has 0 spiro atoms. The first-order chi connectivity index (χ1) is 14.6. The molecule has 10 nitrogen and oxygen atoms in total. The minimum atomic E-state index is -0.584. The van der Waals surface area contributed by atoms with Gasteiger partial charge in [0, 0.05) is 49.1 Å². The van der Waals surface area contributed by atoms with Crippen LogP contribution in [-0.2, 0) is 9.63 Å². The number of primary amides is 1. The van der Waals surface area contributed by atoms with E-state index < -0.39 is 5.91 Å². The number of anilines is 1. The van der Waals surface area contributed by atoms with Crippen LogP contribution in [0.25, 0.3) is 0 Å². The van der Waals surface area contributed by atoms with Gasteiger partial charge >= 0.3 is 0 Å². The lowest BCUT2D eigenvalue weighted by atomic mass is 9.88. The minimum absolute atomic E-state index is 0.00809. The van der Waals surface area contributed by atoms with Crippen molar-refractivity contribution >= 4 is 17.8 Å². The highest BCUT2D eigenvalue weighted by molar-refractivity contribution is 5.90. The molecule has 2 aromatic rings. The molecule has 2 aliphatic rings. The molecule has 2 N–H and O–H groups in total. The van der Waals surface area contributed by atoms with E-state index >= 15 is 0 Å². The molecular formula is C20H25N7O3. The van der Waals surface area contributed by atoms with E-state index in [0.29, 0.717) is 31.9 Å². The molecule has 2 unspecified atom stereocenters. The smallest absolute Gasteiger partial charge is 0.267 e. The minimum Gasteiger partial charge on any atom is -0.364 e. The predicted octanol–water partition coefficient (Wildman–Crippen LogP) is 1.27. The van der Waals surface area contributed by atoms with Crippen molar-refractivity contribution in [3.8, 4) is 0 Å². The van der Waals surface area contributed by atoms with Crippen LogP contribution in [0.1, 0.15) is 54.7 Å². The summed E-state index contributed by atoms with van der Waals surface area (Å²) in [7, 11) is 0. The van der Waals surface area contributed by atoms with Gasteiger partial charge in [-0.25, -0.2) is 25.0 Å². The lowest BCUT2D eigenvalue weighted by Gasteiger charge is -2.40. The average Bonchev–Trinajstić information content (AvgIpc) is 3.28. The Bertz CT molecular complexity index is 910. The van der Waals surface area contributed by atoms with Crippen molar-refractivity contribution < 1.29 is 14.4 Å². The van der Waals surface area contributed by atoms with Crippen molar-refractivity contribution in [1.29, 1.82) is 0 Å². The Morgan fingerprint density at radius 2 is 2.07 bits per heavy atom. The van der Waals surface area contributed by atoms with Crippen LogP contribution in [0.15, 0.2) is 31.0 Å². The Kier molecular flexibility index (Phi) is 5.84. The van der Waals surface area contributed by atoms with E-state index in [1.807, 2.05) is 0 Å². The molecule has 2 aliphatic heterocycles. The summed E-state index contributed by atoms with van der Waals surface area (Å²) in [4.78, 5) is 49.2. The Morgan fingerprint density at radius 1 is 1.27 bits per heavy atom. The zero-order chi connectivity index (χ0) is 21.1. The summed E-state index contributed by atoms with van der Waals surface area (Å²) in [6.45, 7) is 3.18. The van der Waals surface area contributed by atoms with E-state index in [-0.39, 0.29) is 29.6 Å². The first kappa shape index (κ1) is 20.1. The van der Waals surface area contributed by atoms with Crippen LogP contribution >= 0.6 is 0 Å². The number of carbonyl (C=O) groups excluding carboxylic acids is 2. The number of rotatable bonds is 5. The molecule has 0 saturated carbocycles. The van der Waals surface area contributed by atoms with Gasteiger partial charge in [0.1, 0.15) is 12.0 Å². The van der Waals surface area contributed by atoms with Crippen molar-refractivity contribution in [2.75, 3.05) is 18.1 Å². The number of carbonyl (C=O) groups is 2. The molecule has 0 aliphatic carbocycles. The Labute approximate surface area is 174 Å². The standard InChI is InChI=1S/C20H25N7O3/c1-2-15-9-13(4-7-26(15)20-24-6-3-16(25-20)18(21)28)19(29)27-17(5-8-30-27)14-10-22-12-23-11-14/h3,6,10-13,15,17H,2,4-5,7-9H2,1H3,(H2,21,28)/t13?,15?,17-/m0/s1. The first-order valence-corrected chi connectivity index (χ1v) is 10.2. The number of nitrogens with two attached hydrogens (primary N) is 1. The van der Waals surface area contributed by atoms with Gasteiger partial charge in [0.25, 0.3) is 5.91 Å². The topological polar surface area (TPSA) is 127 Å². The molecule has 2 amide bonds. The van der Waals surface area contributed by atoms with Gasteiger partial charge in [-0.3, -0.25) is 14.4 Å². The summed E-state index contributed by atoms with van der Waals surface area (Å²) in [6, 6.07) is 1.42. The predicted molar refractivity (Wildman–Crippen MR) is 107 cm³/mol. The Morgan fingerprint density at radius 3 is 2.80 bits per heavy atom. The second kappa shape index (κ2) is 8.70. The molecule has 2 fully saturated rings. The molecule has 30 heavy (non-hydrogen) atoms. The van der Waals surface area contributed by atoms with E-state index in [0.717, 1.165) is 18.4 Å². The van der Waals surface area contributed by atoms with E-state index in [4.69, 9.17) is 10.6 Å². The van der Waals surface area contributed by atoms with Gasteiger partial charge < -0.3 is 10.6 Å². The largest absolute Gasteiger partial charge is 0.364 e. The molecule has 4 heterocycles. The fraction of sp³-hybridized carbons (Fsp3) is 0.500. The van der Waals surface area contributed by atoms with Gasteiger partial charge in [0.05, 0.1) is 12.6 Å². The quantitative estimate of drug-likeness (QED) is 0.779. The zero-order valence-corrected chi connectivity index (χ0v) is 16.8. The molecule has 4 rings (SSSR count). The number of hydrogen-bond donors (Lipinski definition) is 1. The SMILES string of the molecule is CCC1CC(C(=O)N2OCC[C@H]2c2cncnc2)CCN1c1nccc(C(N)=O)n1. The lowest BCUT2D eigenvalue weighted by molar-refractivity contribution is -0.182. The van der Waals surface area contributed by atoms with Crippen molar-refractivity contribution in [1.82, 2.24) is 25.0 Å². The maximum atomic E-state index is 13.3. The normalized spacial score (nSPS) is 24.1. The summed E-state index contributed by atoms with van der Waals surface area (Å²) >= 11 is 0. The Balaban J connectivity index is 1.48. The average molecular weight is 411 g/mol. The van der Waals surface area contributed by atoms with E-state index in [2.05, 4.69) is 31.8 Å². The number of aromatic nitrogens is 4. The molecule has 0 bridgehead atoms. The van der Waals surface area contributed by atoms with Gasteiger partial charge in [-0.2, -0.15) is 0 Å². The van der Waals surface area contributed by atoms with E-state index in [9.17, 15) is 9.59 Å². The van der Waals surface area contributed by atoms with Crippen LogP contribution in [-0.4, -0.2) is 56.0 Å². The van der Waals surface area contributed by atoms with Gasteiger partial charge in [-0.05, 0) is 25.3 Å². The molecule has 10 heteroatoms. The van der Waals surface area contributed by atoms with Crippen molar-refractivity contribution in [3.63, 3.8) is 0 Å². The number of piperidine rings is 1. The van der Waals surface area contributed by atoms with Crippen LogP contribution in [0.4, 0.5) is 5.95 Å². The number of amides is 2. The highest BCUT2D eigenvalue weighted by Crippen LogP contribution is 2.35. The van der Waals surface area contributed by atoms with Crippen LogP contribution in [0.3, 0.4) is 0 Å². The third-order valence-electron chi connectivity index (χ3n) is 5.78. The second-order valence-electron chi connectivity index (χ2n) is 7.56. The summed E-state index contributed by atoms with van der Waals surface area (Å²) in [6.07, 6.45) is 9.34. The maximum absolute atomic E-state index is 13.3. The third kappa shape index (κ3) is 3.95. The van der Waals surface area contributed by atoms with Gasteiger partial charge in [-0.15, -0.1) is 0 Å². The van der Waals surface area contributed by atoms with Crippen molar-refractivity contribution in [2.24, 2.45) is 11.7 Å². The summed E-state index contributed by atoms with van der Waals surface area (Å²) in [5.74, 6) is -0.276. The molecule has 0 aromatic carbocycles. The number of hydrogen-bond acceptors (Lipinski definition) is 8. The maximum Gasteiger partial charge on any atom is 0.267 e. The lowest BCUT2D eigenvalue weighted by Crippen LogP contribution is -2.47. The van der Waals surface area contributed by atoms with E-state index in [1.54, 1.807) is 12.4 Å². The number of hydroxylamine groups is 2. The first-order valence-electron chi connectivity index (χ1n) is 10.2.